The summed E-state index contributed by atoms with van der Waals surface area (Å²) in [5.41, 5.74) is 7.39. The molecule has 0 radical (unpaired) electrons. The monoisotopic (exact) mass is 293 g/mol. The minimum Gasteiger partial charge on any atom is -0.330 e. The molecule has 2 N–H and O–H groups in total. The van der Waals surface area contributed by atoms with Gasteiger partial charge in [-0.1, -0.05) is 18.9 Å². The normalized spacial score (nSPS) is 18.8. The minimum atomic E-state index is -3.29. The topological polar surface area (TPSA) is 78.0 Å². The van der Waals surface area contributed by atoms with Crippen molar-refractivity contribution in [1.29, 1.82) is 0 Å². The number of sulfone groups is 1. The van der Waals surface area contributed by atoms with Crippen LogP contribution in [-0.4, -0.2) is 24.2 Å². The largest absolute Gasteiger partial charge is 0.330 e. The Bertz CT molecular complexity index is 771. The summed E-state index contributed by atoms with van der Waals surface area (Å²) in [5, 5.41) is 0. The Balaban J connectivity index is 2.30. The number of aryl methyl sites for hydroxylation is 1. The van der Waals surface area contributed by atoms with Crippen LogP contribution in [0.2, 0.25) is 0 Å². The van der Waals surface area contributed by atoms with Gasteiger partial charge in [0.2, 0.25) is 0 Å². The van der Waals surface area contributed by atoms with E-state index < -0.39 is 15.4 Å². The van der Waals surface area contributed by atoms with Crippen LogP contribution in [0.5, 0.6) is 0 Å². The molecule has 0 bridgehead atoms. The molecule has 0 spiro atoms. The van der Waals surface area contributed by atoms with Crippen molar-refractivity contribution in [3.05, 3.63) is 24.0 Å². The van der Waals surface area contributed by atoms with Crippen molar-refractivity contribution in [2.45, 2.75) is 36.1 Å². The Kier molecular flexibility index (Phi) is 2.92. The molecule has 0 amide bonds. The van der Waals surface area contributed by atoms with Gasteiger partial charge < -0.3 is 10.3 Å². The number of imidazole rings is 1. The third-order valence-corrected chi connectivity index (χ3v) is 5.34. The fraction of sp³-hybridized carbons (Fsp3) is 0.500. The van der Waals surface area contributed by atoms with Gasteiger partial charge in [-0.15, -0.1) is 0 Å². The molecule has 108 valence electrons. The lowest BCUT2D eigenvalue weighted by atomic mass is 9.98. The van der Waals surface area contributed by atoms with Gasteiger partial charge in [0.25, 0.3) is 0 Å². The third kappa shape index (κ3) is 1.94. The number of aromatic nitrogens is 2. The van der Waals surface area contributed by atoms with E-state index in [0.717, 1.165) is 37.0 Å². The molecule has 1 fully saturated rings. The van der Waals surface area contributed by atoms with Gasteiger partial charge in [0.1, 0.15) is 11.3 Å². The molecule has 1 aliphatic rings. The molecule has 0 aliphatic heterocycles. The molecule has 5 nitrogen and oxygen atoms in total. The van der Waals surface area contributed by atoms with Crippen LogP contribution in [0.25, 0.3) is 11.0 Å². The number of rotatable bonds is 2. The Morgan fingerprint density at radius 1 is 1.30 bits per heavy atom. The summed E-state index contributed by atoms with van der Waals surface area (Å²) in [6, 6.07) is 5.24. The molecule has 2 aromatic rings. The second-order valence-corrected chi connectivity index (χ2v) is 7.74. The van der Waals surface area contributed by atoms with E-state index in [1.807, 2.05) is 17.7 Å². The fourth-order valence-electron chi connectivity index (χ4n) is 3.16. The molecular weight excluding hydrogens is 274 g/mol. The van der Waals surface area contributed by atoms with Crippen LogP contribution in [-0.2, 0) is 22.4 Å². The van der Waals surface area contributed by atoms with E-state index in [-0.39, 0.29) is 4.90 Å². The maximum absolute atomic E-state index is 11.9. The molecule has 1 heterocycles. The van der Waals surface area contributed by atoms with Gasteiger partial charge in [0, 0.05) is 13.3 Å². The molecule has 3 rings (SSSR count). The zero-order valence-electron chi connectivity index (χ0n) is 11.8. The van der Waals surface area contributed by atoms with Crippen molar-refractivity contribution >= 4 is 20.9 Å². The van der Waals surface area contributed by atoms with Crippen molar-refractivity contribution in [1.82, 2.24) is 9.55 Å². The zero-order chi connectivity index (χ0) is 14.5. The Morgan fingerprint density at radius 2 is 1.95 bits per heavy atom. The Labute approximate surface area is 118 Å². The van der Waals surface area contributed by atoms with Gasteiger partial charge in [-0.2, -0.15) is 0 Å². The van der Waals surface area contributed by atoms with Gasteiger partial charge >= 0.3 is 0 Å². The number of hydrogen-bond donors (Lipinski definition) is 1. The molecule has 0 saturated heterocycles. The van der Waals surface area contributed by atoms with Crippen molar-refractivity contribution < 1.29 is 8.42 Å². The molecule has 1 aliphatic carbocycles. The molecule has 6 heteroatoms. The van der Waals surface area contributed by atoms with Crippen molar-refractivity contribution in [3.8, 4) is 0 Å². The highest BCUT2D eigenvalue weighted by atomic mass is 32.2. The standard InChI is InChI=1S/C14H19N3O2S/c1-17-10-6-5-7-11(20(2,18)19)12(10)16-13(17)14(15)8-3-4-9-14/h5-7H,3-4,8-9,15H2,1-2H3. The van der Waals surface area contributed by atoms with Gasteiger partial charge in [-0.05, 0) is 25.0 Å². The van der Waals surface area contributed by atoms with Gasteiger partial charge in [-0.3, -0.25) is 0 Å². The Morgan fingerprint density at radius 3 is 2.55 bits per heavy atom. The van der Waals surface area contributed by atoms with Crippen LogP contribution in [0.1, 0.15) is 31.5 Å². The van der Waals surface area contributed by atoms with Gasteiger partial charge in [-0.25, -0.2) is 13.4 Å². The van der Waals surface area contributed by atoms with Crippen LogP contribution in [0, 0.1) is 0 Å². The van der Waals surface area contributed by atoms with Crippen LogP contribution in [0.4, 0.5) is 0 Å². The minimum absolute atomic E-state index is 0.276. The average molecular weight is 293 g/mol. The first-order chi connectivity index (χ1) is 9.33. The molecule has 1 aromatic heterocycles. The van der Waals surface area contributed by atoms with Gasteiger partial charge in [0.15, 0.2) is 9.84 Å². The molecular formula is C14H19N3O2S. The predicted octanol–water partition coefficient (Wildman–Crippen LogP) is 1.70. The summed E-state index contributed by atoms with van der Waals surface area (Å²) in [7, 11) is -1.39. The number of nitrogens with two attached hydrogens (primary N) is 1. The highest BCUT2D eigenvalue weighted by Gasteiger charge is 2.36. The van der Waals surface area contributed by atoms with E-state index in [0.29, 0.717) is 5.52 Å². The van der Waals surface area contributed by atoms with Crippen LogP contribution in [0.3, 0.4) is 0 Å². The fourth-order valence-corrected chi connectivity index (χ4v) is 3.99. The van der Waals surface area contributed by atoms with E-state index >= 15 is 0 Å². The summed E-state index contributed by atoms with van der Waals surface area (Å²) in [6.07, 6.45) is 5.21. The summed E-state index contributed by atoms with van der Waals surface area (Å²) < 4.78 is 25.7. The van der Waals surface area contributed by atoms with Crippen molar-refractivity contribution in [2.24, 2.45) is 12.8 Å². The maximum atomic E-state index is 11.9. The van der Waals surface area contributed by atoms with Crippen LogP contribution >= 0.6 is 0 Å². The molecule has 1 aromatic carbocycles. The summed E-state index contributed by atoms with van der Waals surface area (Å²) in [4.78, 5) is 4.87. The summed E-state index contributed by atoms with van der Waals surface area (Å²) in [6.45, 7) is 0. The van der Waals surface area contributed by atoms with E-state index in [2.05, 4.69) is 4.98 Å². The van der Waals surface area contributed by atoms with Crippen molar-refractivity contribution in [2.75, 3.05) is 6.26 Å². The molecule has 1 saturated carbocycles. The number of fused-ring (bicyclic) bond motifs is 1. The highest BCUT2D eigenvalue weighted by molar-refractivity contribution is 7.91. The second kappa shape index (κ2) is 4.30. The maximum Gasteiger partial charge on any atom is 0.177 e. The predicted molar refractivity (Wildman–Crippen MR) is 78.2 cm³/mol. The van der Waals surface area contributed by atoms with E-state index in [1.165, 1.54) is 6.26 Å². The number of hydrogen-bond acceptors (Lipinski definition) is 4. The van der Waals surface area contributed by atoms with Crippen molar-refractivity contribution in [3.63, 3.8) is 0 Å². The molecule has 0 atom stereocenters. The average Bonchev–Trinajstić information content (AvgIpc) is 2.94. The highest BCUT2D eigenvalue weighted by Crippen LogP contribution is 2.37. The van der Waals surface area contributed by atoms with E-state index in [1.54, 1.807) is 12.1 Å². The molecule has 20 heavy (non-hydrogen) atoms. The number of para-hydroxylation sites is 1. The first-order valence-corrected chi connectivity index (χ1v) is 8.67. The lowest BCUT2D eigenvalue weighted by molar-refractivity contribution is 0.420. The third-order valence-electron chi connectivity index (χ3n) is 4.22. The summed E-state index contributed by atoms with van der Waals surface area (Å²) >= 11 is 0. The summed E-state index contributed by atoms with van der Waals surface area (Å²) in [5.74, 6) is 0.793. The first-order valence-electron chi connectivity index (χ1n) is 6.78. The molecule has 0 unspecified atom stereocenters. The first kappa shape index (κ1) is 13.6. The quantitative estimate of drug-likeness (QED) is 0.914. The number of nitrogens with zero attached hydrogens (tertiary/aromatic N) is 2. The van der Waals surface area contributed by atoms with Gasteiger partial charge in [0.05, 0.1) is 16.0 Å². The lowest BCUT2D eigenvalue weighted by Gasteiger charge is -2.22. The SMILES string of the molecule is Cn1c(C2(N)CCCC2)nc2c(S(C)(=O)=O)cccc21. The lowest BCUT2D eigenvalue weighted by Crippen LogP contribution is -2.36. The smallest absolute Gasteiger partial charge is 0.177 e. The van der Waals surface area contributed by atoms with Crippen LogP contribution < -0.4 is 5.73 Å². The Hall–Kier alpha value is -1.40. The van der Waals surface area contributed by atoms with E-state index in [9.17, 15) is 8.42 Å². The van der Waals surface area contributed by atoms with Crippen LogP contribution in [0.15, 0.2) is 23.1 Å². The number of benzene rings is 1. The zero-order valence-corrected chi connectivity index (χ0v) is 12.6. The second-order valence-electron chi connectivity index (χ2n) is 5.75. The van der Waals surface area contributed by atoms with E-state index in [4.69, 9.17) is 5.73 Å².